The number of benzene rings is 1. The molecule has 0 aromatic heterocycles. The monoisotopic (exact) mass is 361 g/mol. The van der Waals surface area contributed by atoms with Crippen LogP contribution in [0.2, 0.25) is 0 Å². The van der Waals surface area contributed by atoms with Gasteiger partial charge >= 0.3 is 0 Å². The van der Waals surface area contributed by atoms with Gasteiger partial charge in [0.2, 0.25) is 6.79 Å². The summed E-state index contributed by atoms with van der Waals surface area (Å²) in [5.74, 6) is 2.47. The fourth-order valence-corrected chi connectivity index (χ4v) is 3.68. The molecule has 2 aliphatic rings. The van der Waals surface area contributed by atoms with Crippen molar-refractivity contribution in [3.05, 3.63) is 23.8 Å². The predicted octanol–water partition coefficient (Wildman–Crippen LogP) is 2.75. The van der Waals surface area contributed by atoms with E-state index in [1.54, 1.807) is 0 Å². The van der Waals surface area contributed by atoms with Crippen LogP contribution in [0.25, 0.3) is 0 Å². The number of ether oxygens (including phenoxy) is 2. The maximum atomic E-state index is 10.4. The van der Waals surface area contributed by atoms with E-state index in [4.69, 9.17) is 14.5 Å². The third-order valence-electron chi connectivity index (χ3n) is 5.42. The summed E-state index contributed by atoms with van der Waals surface area (Å²) in [6.07, 6.45) is 3.94. The van der Waals surface area contributed by atoms with Crippen LogP contribution < -0.4 is 14.8 Å². The van der Waals surface area contributed by atoms with E-state index >= 15 is 0 Å². The number of rotatable bonds is 5. The van der Waals surface area contributed by atoms with Crippen LogP contribution in [0.1, 0.15) is 45.1 Å². The Morgan fingerprint density at radius 2 is 2.15 bits per heavy atom. The molecule has 3 rings (SSSR count). The van der Waals surface area contributed by atoms with E-state index in [9.17, 15) is 5.11 Å². The summed E-state index contributed by atoms with van der Waals surface area (Å²) in [5, 5.41) is 13.8. The second-order valence-electron chi connectivity index (χ2n) is 7.63. The lowest BCUT2D eigenvalue weighted by atomic mass is 9.73. The normalized spacial score (nSPS) is 25.2. The van der Waals surface area contributed by atoms with Gasteiger partial charge in [0.25, 0.3) is 0 Å². The van der Waals surface area contributed by atoms with Gasteiger partial charge in [-0.2, -0.15) is 0 Å². The lowest BCUT2D eigenvalue weighted by Gasteiger charge is -2.37. The lowest BCUT2D eigenvalue weighted by molar-refractivity contribution is 0.00705. The summed E-state index contributed by atoms with van der Waals surface area (Å²) >= 11 is 0. The van der Waals surface area contributed by atoms with Gasteiger partial charge in [-0.25, -0.2) is 0 Å². The SMILES string of the molecule is CCNC(=NCC1(C)CCCCC1O)N(C)Cc1ccc2c(c1)OCO2. The molecule has 26 heavy (non-hydrogen) atoms. The number of hydrogen-bond donors (Lipinski definition) is 2. The molecule has 0 bridgehead atoms. The van der Waals surface area contributed by atoms with Crippen molar-refractivity contribution in [3.63, 3.8) is 0 Å². The van der Waals surface area contributed by atoms with E-state index in [-0.39, 0.29) is 11.5 Å². The molecule has 1 saturated carbocycles. The molecule has 6 heteroatoms. The Bertz CT molecular complexity index is 649. The van der Waals surface area contributed by atoms with Crippen LogP contribution in [-0.2, 0) is 6.54 Å². The smallest absolute Gasteiger partial charge is 0.231 e. The third kappa shape index (κ3) is 4.23. The van der Waals surface area contributed by atoms with Crippen LogP contribution in [0.5, 0.6) is 11.5 Å². The van der Waals surface area contributed by atoms with Crippen LogP contribution in [0.3, 0.4) is 0 Å². The quantitative estimate of drug-likeness (QED) is 0.624. The minimum absolute atomic E-state index is 0.126. The summed E-state index contributed by atoms with van der Waals surface area (Å²) in [7, 11) is 2.03. The van der Waals surface area contributed by atoms with Gasteiger partial charge in [-0.15, -0.1) is 0 Å². The number of guanidine groups is 1. The first-order chi connectivity index (χ1) is 12.5. The molecule has 0 spiro atoms. The molecule has 2 unspecified atom stereocenters. The fourth-order valence-electron chi connectivity index (χ4n) is 3.68. The number of aliphatic hydroxyl groups excluding tert-OH is 1. The molecule has 1 aromatic rings. The van der Waals surface area contributed by atoms with Crippen molar-refractivity contribution in [2.75, 3.05) is 26.9 Å². The van der Waals surface area contributed by atoms with Gasteiger partial charge < -0.3 is 24.8 Å². The molecule has 2 N–H and O–H groups in total. The maximum absolute atomic E-state index is 10.4. The molecule has 1 fully saturated rings. The number of nitrogens with one attached hydrogen (secondary N) is 1. The van der Waals surface area contributed by atoms with E-state index in [1.807, 2.05) is 19.2 Å². The van der Waals surface area contributed by atoms with Crippen LogP contribution in [-0.4, -0.2) is 49.0 Å². The van der Waals surface area contributed by atoms with E-state index in [1.165, 1.54) is 6.42 Å². The first-order valence-electron chi connectivity index (χ1n) is 9.58. The molecule has 1 aliphatic heterocycles. The highest BCUT2D eigenvalue weighted by Crippen LogP contribution is 2.36. The van der Waals surface area contributed by atoms with Gasteiger partial charge in [0.05, 0.1) is 12.6 Å². The van der Waals surface area contributed by atoms with Gasteiger partial charge in [0.15, 0.2) is 17.5 Å². The van der Waals surface area contributed by atoms with Crippen molar-refractivity contribution in [1.29, 1.82) is 0 Å². The van der Waals surface area contributed by atoms with Crippen LogP contribution in [0.4, 0.5) is 0 Å². The van der Waals surface area contributed by atoms with Gasteiger partial charge in [-0.3, -0.25) is 4.99 Å². The van der Waals surface area contributed by atoms with Crippen molar-refractivity contribution in [3.8, 4) is 11.5 Å². The molecule has 144 valence electrons. The Labute approximate surface area is 156 Å². The number of aliphatic hydroxyl groups is 1. The molecular weight excluding hydrogens is 330 g/mol. The van der Waals surface area contributed by atoms with Gasteiger partial charge in [0.1, 0.15) is 0 Å². The highest BCUT2D eigenvalue weighted by molar-refractivity contribution is 5.79. The average molecular weight is 361 g/mol. The summed E-state index contributed by atoms with van der Waals surface area (Å²) in [6.45, 7) is 6.69. The highest BCUT2D eigenvalue weighted by Gasteiger charge is 2.35. The lowest BCUT2D eigenvalue weighted by Crippen LogP contribution is -2.42. The van der Waals surface area contributed by atoms with Gasteiger partial charge in [0, 0.05) is 25.6 Å². The molecule has 0 amide bonds. The number of fused-ring (bicyclic) bond motifs is 1. The molecule has 0 saturated heterocycles. The second-order valence-corrected chi connectivity index (χ2v) is 7.63. The topological polar surface area (TPSA) is 66.3 Å². The van der Waals surface area contributed by atoms with Crippen molar-refractivity contribution < 1.29 is 14.6 Å². The molecular formula is C20H31N3O3. The van der Waals surface area contributed by atoms with Crippen molar-refractivity contribution in [1.82, 2.24) is 10.2 Å². The fraction of sp³-hybridized carbons (Fsp3) is 0.650. The average Bonchev–Trinajstić information content (AvgIpc) is 3.09. The summed E-state index contributed by atoms with van der Waals surface area (Å²) in [4.78, 5) is 6.95. The molecule has 1 aliphatic carbocycles. The zero-order valence-electron chi connectivity index (χ0n) is 16.1. The molecule has 1 heterocycles. The standard InChI is InChI=1S/C20H31N3O3/c1-4-21-19(22-13-20(2)10-6-5-7-18(20)24)23(3)12-15-8-9-16-17(11-15)26-14-25-16/h8-9,11,18,24H,4-7,10,12-14H2,1-3H3,(H,21,22). The Morgan fingerprint density at radius 1 is 1.35 bits per heavy atom. The zero-order valence-corrected chi connectivity index (χ0v) is 16.1. The molecule has 2 atom stereocenters. The van der Waals surface area contributed by atoms with Gasteiger partial charge in [-0.1, -0.05) is 25.8 Å². The Balaban J connectivity index is 1.68. The third-order valence-corrected chi connectivity index (χ3v) is 5.42. The summed E-state index contributed by atoms with van der Waals surface area (Å²) in [5.41, 5.74) is 1.02. The minimum atomic E-state index is -0.262. The number of nitrogens with zero attached hydrogens (tertiary/aromatic N) is 2. The molecule has 0 radical (unpaired) electrons. The van der Waals surface area contributed by atoms with Crippen molar-refractivity contribution in [2.45, 2.75) is 52.2 Å². The van der Waals surface area contributed by atoms with E-state index in [0.717, 1.165) is 55.4 Å². The predicted molar refractivity (Wildman–Crippen MR) is 103 cm³/mol. The first kappa shape index (κ1) is 18.8. The van der Waals surface area contributed by atoms with E-state index < -0.39 is 0 Å². The van der Waals surface area contributed by atoms with E-state index in [0.29, 0.717) is 13.3 Å². The van der Waals surface area contributed by atoms with E-state index in [2.05, 4.69) is 30.1 Å². The Morgan fingerprint density at radius 3 is 2.92 bits per heavy atom. The summed E-state index contributed by atoms with van der Waals surface area (Å²) in [6, 6.07) is 6.03. The van der Waals surface area contributed by atoms with Crippen LogP contribution >= 0.6 is 0 Å². The number of hydrogen-bond acceptors (Lipinski definition) is 4. The Hall–Kier alpha value is -1.95. The van der Waals surface area contributed by atoms with Crippen LogP contribution in [0.15, 0.2) is 23.2 Å². The maximum Gasteiger partial charge on any atom is 0.231 e. The number of aliphatic imine (C=N–C) groups is 1. The van der Waals surface area contributed by atoms with Crippen LogP contribution in [0, 0.1) is 5.41 Å². The highest BCUT2D eigenvalue weighted by atomic mass is 16.7. The van der Waals surface area contributed by atoms with Gasteiger partial charge in [-0.05, 0) is 37.5 Å². The second kappa shape index (κ2) is 8.16. The first-order valence-corrected chi connectivity index (χ1v) is 9.58. The summed E-state index contributed by atoms with van der Waals surface area (Å²) < 4.78 is 10.8. The minimum Gasteiger partial charge on any atom is -0.454 e. The van der Waals surface area contributed by atoms with Crippen molar-refractivity contribution in [2.24, 2.45) is 10.4 Å². The molecule has 1 aromatic carbocycles. The largest absolute Gasteiger partial charge is 0.454 e. The molecule has 6 nitrogen and oxygen atoms in total. The van der Waals surface area contributed by atoms with Crippen molar-refractivity contribution >= 4 is 5.96 Å². The zero-order chi connectivity index (χ0) is 18.6. The Kier molecular flexibility index (Phi) is 5.91.